The Balaban J connectivity index is 2.33. The maximum absolute atomic E-state index is 11.7. The molecular weight excluding hydrogens is 184 g/mol. The lowest BCUT2D eigenvalue weighted by atomic mass is 9.66. The number of hydrogen-bond acceptors (Lipinski definition) is 1. The van der Waals surface area contributed by atoms with Gasteiger partial charge in [0.05, 0.1) is 0 Å². The molecule has 1 saturated carbocycles. The maximum Gasteiger partial charge on any atom is 0.133 e. The number of carbonyl (C=O) groups excluding carboxylic acids is 1. The molecule has 15 heavy (non-hydrogen) atoms. The van der Waals surface area contributed by atoms with Crippen molar-refractivity contribution in [2.45, 2.75) is 47.0 Å². The van der Waals surface area contributed by atoms with E-state index < -0.39 is 0 Å². The van der Waals surface area contributed by atoms with E-state index in [9.17, 15) is 4.79 Å². The van der Waals surface area contributed by atoms with E-state index in [1.807, 2.05) is 0 Å². The van der Waals surface area contributed by atoms with Crippen LogP contribution in [0.25, 0.3) is 0 Å². The minimum absolute atomic E-state index is 0.0796. The zero-order valence-corrected chi connectivity index (χ0v) is 10.3. The summed E-state index contributed by atoms with van der Waals surface area (Å²) in [7, 11) is 0. The molecule has 1 fully saturated rings. The number of carbonyl (C=O) groups is 1. The van der Waals surface area contributed by atoms with Crippen LogP contribution in [0.15, 0.2) is 11.6 Å². The Morgan fingerprint density at radius 3 is 2.67 bits per heavy atom. The lowest BCUT2D eigenvalue weighted by molar-refractivity contribution is -0.124. The van der Waals surface area contributed by atoms with Crippen LogP contribution in [-0.2, 0) is 4.79 Å². The fraction of sp³-hybridized carbons (Fsp3) is 0.786. The van der Waals surface area contributed by atoms with Crippen LogP contribution >= 0.6 is 0 Å². The Morgan fingerprint density at radius 1 is 1.40 bits per heavy atom. The second kappa shape index (κ2) is 3.47. The summed E-state index contributed by atoms with van der Waals surface area (Å²) in [6.07, 6.45) is 6.12. The largest absolute Gasteiger partial charge is 0.300 e. The molecule has 0 saturated heterocycles. The molecular formula is C14H22O. The minimum atomic E-state index is 0.0796. The Labute approximate surface area is 92.9 Å². The summed E-state index contributed by atoms with van der Waals surface area (Å²) >= 11 is 0. The van der Waals surface area contributed by atoms with Crippen molar-refractivity contribution in [3.05, 3.63) is 11.6 Å². The van der Waals surface area contributed by atoms with Crippen molar-refractivity contribution in [1.82, 2.24) is 0 Å². The van der Waals surface area contributed by atoms with Gasteiger partial charge in [0.25, 0.3) is 0 Å². The molecule has 0 aliphatic heterocycles. The molecule has 2 rings (SSSR count). The standard InChI is InChI=1S/C14H22O/c1-9-5-6-11-7-13(10(2)15)14(3,4)8-12(9)11/h8-9,11,13H,5-7H2,1-4H3/t9-,11-,13-/m0/s1. The summed E-state index contributed by atoms with van der Waals surface area (Å²) in [6, 6.07) is 0. The normalized spacial score (nSPS) is 38.4. The van der Waals surface area contributed by atoms with Gasteiger partial charge in [-0.15, -0.1) is 0 Å². The van der Waals surface area contributed by atoms with Crippen LogP contribution in [0.4, 0.5) is 0 Å². The van der Waals surface area contributed by atoms with E-state index in [0.717, 1.165) is 12.3 Å². The SMILES string of the molecule is CC(=O)[C@@H]1C[C@@H]2CC[C@H](C)C2=CC1(C)C. The predicted octanol–water partition coefficient (Wildman–Crippen LogP) is 3.59. The number of hydrogen-bond donors (Lipinski definition) is 0. The number of fused-ring (bicyclic) bond motifs is 1. The summed E-state index contributed by atoms with van der Waals surface area (Å²) in [5.41, 5.74) is 1.72. The van der Waals surface area contributed by atoms with Crippen molar-refractivity contribution in [3.8, 4) is 0 Å². The Hall–Kier alpha value is -0.590. The number of ketones is 1. The predicted molar refractivity (Wildman–Crippen MR) is 62.5 cm³/mol. The molecule has 0 radical (unpaired) electrons. The van der Waals surface area contributed by atoms with Gasteiger partial charge in [-0.05, 0) is 43.4 Å². The average molecular weight is 206 g/mol. The first-order valence-electron chi connectivity index (χ1n) is 6.15. The lowest BCUT2D eigenvalue weighted by Gasteiger charge is -2.38. The summed E-state index contributed by atoms with van der Waals surface area (Å²) < 4.78 is 0. The Bertz CT molecular complexity index is 311. The van der Waals surface area contributed by atoms with E-state index in [4.69, 9.17) is 0 Å². The Morgan fingerprint density at radius 2 is 2.07 bits per heavy atom. The first-order chi connectivity index (χ1) is 6.92. The first-order valence-corrected chi connectivity index (χ1v) is 6.15. The van der Waals surface area contributed by atoms with Crippen molar-refractivity contribution in [2.75, 3.05) is 0 Å². The second-order valence-electron chi connectivity index (χ2n) is 6.04. The monoisotopic (exact) mass is 206 g/mol. The topological polar surface area (TPSA) is 17.1 Å². The molecule has 0 bridgehead atoms. The van der Waals surface area contributed by atoms with Gasteiger partial charge in [-0.1, -0.05) is 32.4 Å². The molecule has 2 aliphatic rings. The third kappa shape index (κ3) is 1.77. The van der Waals surface area contributed by atoms with E-state index in [1.165, 1.54) is 12.8 Å². The van der Waals surface area contributed by atoms with Crippen LogP contribution in [-0.4, -0.2) is 5.78 Å². The highest BCUT2D eigenvalue weighted by atomic mass is 16.1. The van der Waals surface area contributed by atoms with Crippen molar-refractivity contribution in [3.63, 3.8) is 0 Å². The molecule has 0 N–H and O–H groups in total. The second-order valence-corrected chi connectivity index (χ2v) is 6.04. The molecule has 0 unspecified atom stereocenters. The quantitative estimate of drug-likeness (QED) is 0.599. The first kappa shape index (κ1) is 10.9. The minimum Gasteiger partial charge on any atom is -0.300 e. The van der Waals surface area contributed by atoms with E-state index in [1.54, 1.807) is 12.5 Å². The van der Waals surface area contributed by atoms with Gasteiger partial charge in [0.2, 0.25) is 0 Å². The molecule has 0 heterocycles. The molecule has 3 atom stereocenters. The van der Waals surface area contributed by atoms with Crippen LogP contribution < -0.4 is 0 Å². The highest BCUT2D eigenvalue weighted by Gasteiger charge is 2.41. The zero-order chi connectivity index (χ0) is 11.2. The molecule has 84 valence electrons. The van der Waals surface area contributed by atoms with Crippen LogP contribution in [0.1, 0.15) is 47.0 Å². The zero-order valence-electron chi connectivity index (χ0n) is 10.3. The third-order valence-electron chi connectivity index (χ3n) is 4.44. The van der Waals surface area contributed by atoms with Crippen molar-refractivity contribution in [1.29, 1.82) is 0 Å². The van der Waals surface area contributed by atoms with E-state index in [2.05, 4.69) is 26.8 Å². The molecule has 0 aromatic carbocycles. The fourth-order valence-electron chi connectivity index (χ4n) is 3.51. The summed E-state index contributed by atoms with van der Waals surface area (Å²) in [5.74, 6) is 2.08. The average Bonchev–Trinajstić information content (AvgIpc) is 2.44. The van der Waals surface area contributed by atoms with Gasteiger partial charge in [0.15, 0.2) is 0 Å². The third-order valence-corrected chi connectivity index (χ3v) is 4.44. The molecule has 0 spiro atoms. The van der Waals surface area contributed by atoms with E-state index >= 15 is 0 Å². The van der Waals surface area contributed by atoms with Gasteiger partial charge < -0.3 is 0 Å². The van der Waals surface area contributed by atoms with E-state index in [0.29, 0.717) is 11.7 Å². The van der Waals surface area contributed by atoms with E-state index in [-0.39, 0.29) is 11.3 Å². The van der Waals surface area contributed by atoms with Gasteiger partial charge in [0.1, 0.15) is 5.78 Å². The summed E-state index contributed by atoms with van der Waals surface area (Å²) in [6.45, 7) is 8.51. The maximum atomic E-state index is 11.7. The molecule has 0 amide bonds. The van der Waals surface area contributed by atoms with Crippen molar-refractivity contribution in [2.24, 2.45) is 23.2 Å². The molecule has 1 heteroatoms. The lowest BCUT2D eigenvalue weighted by Crippen LogP contribution is -2.34. The van der Waals surface area contributed by atoms with Crippen molar-refractivity contribution < 1.29 is 4.79 Å². The smallest absolute Gasteiger partial charge is 0.133 e. The molecule has 0 aromatic heterocycles. The van der Waals surface area contributed by atoms with Gasteiger partial charge in [0, 0.05) is 5.92 Å². The number of Topliss-reactive ketones (excluding diaryl/α,β-unsaturated/α-hetero) is 1. The summed E-state index contributed by atoms with van der Waals surface area (Å²) in [4.78, 5) is 11.7. The van der Waals surface area contributed by atoms with Crippen LogP contribution in [0.5, 0.6) is 0 Å². The van der Waals surface area contributed by atoms with Crippen LogP contribution in [0.3, 0.4) is 0 Å². The van der Waals surface area contributed by atoms with Gasteiger partial charge >= 0.3 is 0 Å². The highest BCUT2D eigenvalue weighted by molar-refractivity contribution is 5.79. The Kier molecular flexibility index (Phi) is 2.52. The van der Waals surface area contributed by atoms with Crippen molar-refractivity contribution >= 4 is 5.78 Å². The van der Waals surface area contributed by atoms with Crippen LogP contribution in [0.2, 0.25) is 0 Å². The molecule has 0 aromatic rings. The number of rotatable bonds is 1. The summed E-state index contributed by atoms with van der Waals surface area (Å²) in [5, 5.41) is 0. The van der Waals surface area contributed by atoms with Gasteiger partial charge in [-0.25, -0.2) is 0 Å². The van der Waals surface area contributed by atoms with Gasteiger partial charge in [-0.2, -0.15) is 0 Å². The molecule has 1 nitrogen and oxygen atoms in total. The highest BCUT2D eigenvalue weighted by Crippen LogP contribution is 2.50. The molecule has 2 aliphatic carbocycles. The number of allylic oxidation sites excluding steroid dienone is 2. The van der Waals surface area contributed by atoms with Gasteiger partial charge in [-0.3, -0.25) is 4.79 Å². The fourth-order valence-corrected chi connectivity index (χ4v) is 3.51. The van der Waals surface area contributed by atoms with Crippen LogP contribution in [0, 0.1) is 23.2 Å².